The molecular formula is C21H21F3N4O4S. The quantitative estimate of drug-likeness (QED) is 0.653. The number of hydrogen-bond donors (Lipinski definition) is 1. The Morgan fingerprint density at radius 3 is 2.21 bits per heavy atom. The number of carbonyl (C=O) groups is 2. The topological polar surface area (TPSA) is 98.0 Å². The molecule has 2 amide bonds. The van der Waals surface area contributed by atoms with Crippen molar-refractivity contribution < 1.29 is 32.2 Å². The zero-order valence-electron chi connectivity index (χ0n) is 17.3. The number of aromatic nitrogens is 1. The number of halogens is 3. The van der Waals surface area contributed by atoms with Gasteiger partial charge >= 0.3 is 12.5 Å². The first kappa shape index (κ1) is 23.2. The Labute approximate surface area is 192 Å². The summed E-state index contributed by atoms with van der Waals surface area (Å²) >= 11 is 1.01. The van der Waals surface area contributed by atoms with Crippen molar-refractivity contribution in [2.45, 2.75) is 18.0 Å². The van der Waals surface area contributed by atoms with E-state index in [1.807, 2.05) is 0 Å². The van der Waals surface area contributed by atoms with Crippen LogP contribution in [0, 0.1) is 11.8 Å². The molecule has 4 rings (SSSR count). The highest BCUT2D eigenvalue weighted by molar-refractivity contribution is 7.97. The highest BCUT2D eigenvalue weighted by atomic mass is 32.2. The van der Waals surface area contributed by atoms with Crippen LogP contribution in [0.25, 0.3) is 0 Å². The van der Waals surface area contributed by atoms with Crippen molar-refractivity contribution in [3.63, 3.8) is 0 Å². The molecule has 8 nitrogen and oxygen atoms in total. The standard InChI is InChI=1S/C21H21F3N4O4S/c22-21(23,24)32-17-4-1-13(2-5-17)12-31-20(30)28-10-15-8-27(9-16(15)11-28)19(29)14-3-6-18(33-25)26-7-14/h1-7,15-16H,8-12,25H2. The largest absolute Gasteiger partial charge is 0.573 e. The van der Waals surface area contributed by atoms with Gasteiger partial charge in [-0.1, -0.05) is 12.1 Å². The van der Waals surface area contributed by atoms with Crippen LogP contribution in [-0.4, -0.2) is 59.3 Å². The van der Waals surface area contributed by atoms with E-state index in [1.165, 1.54) is 30.5 Å². The summed E-state index contributed by atoms with van der Waals surface area (Å²) in [5.41, 5.74) is 1.04. The lowest BCUT2D eigenvalue weighted by atomic mass is 10.0. The molecule has 1 aromatic heterocycles. The van der Waals surface area contributed by atoms with E-state index in [2.05, 4.69) is 9.72 Å². The molecule has 176 valence electrons. The van der Waals surface area contributed by atoms with Crippen LogP contribution in [0.1, 0.15) is 15.9 Å². The Bertz CT molecular complexity index is 990. The highest BCUT2D eigenvalue weighted by Crippen LogP contribution is 2.32. The summed E-state index contributed by atoms with van der Waals surface area (Å²) in [4.78, 5) is 32.7. The fourth-order valence-electron chi connectivity index (χ4n) is 4.09. The van der Waals surface area contributed by atoms with E-state index in [9.17, 15) is 22.8 Å². The third-order valence-electron chi connectivity index (χ3n) is 5.65. The Hall–Kier alpha value is -2.99. The van der Waals surface area contributed by atoms with E-state index < -0.39 is 12.5 Å². The molecule has 2 N–H and O–H groups in total. The zero-order chi connectivity index (χ0) is 23.6. The number of fused-ring (bicyclic) bond motifs is 1. The van der Waals surface area contributed by atoms with Crippen LogP contribution < -0.4 is 9.88 Å². The van der Waals surface area contributed by atoms with Gasteiger partial charge in [0.25, 0.3) is 5.91 Å². The predicted octanol–water partition coefficient (Wildman–Crippen LogP) is 3.29. The van der Waals surface area contributed by atoms with Crippen LogP contribution in [0.3, 0.4) is 0 Å². The molecule has 3 heterocycles. The lowest BCUT2D eigenvalue weighted by Crippen LogP contribution is -2.35. The molecule has 2 aliphatic heterocycles. The first-order valence-corrected chi connectivity index (χ1v) is 11.0. The molecule has 0 aliphatic carbocycles. The Balaban J connectivity index is 1.24. The number of nitrogens with zero attached hydrogens (tertiary/aromatic N) is 3. The predicted molar refractivity (Wildman–Crippen MR) is 112 cm³/mol. The zero-order valence-corrected chi connectivity index (χ0v) is 18.1. The number of hydrogen-bond acceptors (Lipinski definition) is 7. The molecule has 0 radical (unpaired) electrons. The molecule has 2 unspecified atom stereocenters. The molecule has 0 saturated carbocycles. The van der Waals surface area contributed by atoms with E-state index in [0.717, 1.165) is 11.9 Å². The van der Waals surface area contributed by atoms with Gasteiger partial charge in [-0.15, -0.1) is 13.2 Å². The Morgan fingerprint density at radius 2 is 1.67 bits per heavy atom. The molecule has 0 spiro atoms. The number of carbonyl (C=O) groups excluding carboxylic acids is 2. The van der Waals surface area contributed by atoms with Gasteiger partial charge < -0.3 is 19.3 Å². The summed E-state index contributed by atoms with van der Waals surface area (Å²) in [6, 6.07) is 8.54. The summed E-state index contributed by atoms with van der Waals surface area (Å²) < 4.78 is 45.8. The Morgan fingerprint density at radius 1 is 1.03 bits per heavy atom. The maximum atomic E-state index is 12.7. The van der Waals surface area contributed by atoms with Crippen molar-refractivity contribution in [3.05, 3.63) is 53.7 Å². The number of benzene rings is 1. The fraction of sp³-hybridized carbons (Fsp3) is 0.381. The average Bonchev–Trinajstić information content (AvgIpc) is 3.36. The first-order valence-electron chi connectivity index (χ1n) is 10.1. The number of rotatable bonds is 5. The van der Waals surface area contributed by atoms with E-state index in [1.54, 1.807) is 21.9 Å². The number of alkyl halides is 3. The van der Waals surface area contributed by atoms with Crippen molar-refractivity contribution in [1.29, 1.82) is 0 Å². The summed E-state index contributed by atoms with van der Waals surface area (Å²) in [6.45, 7) is 1.98. The second-order valence-corrected chi connectivity index (χ2v) is 8.54. The van der Waals surface area contributed by atoms with Crippen molar-refractivity contribution in [2.24, 2.45) is 17.0 Å². The van der Waals surface area contributed by atoms with Gasteiger partial charge in [-0.25, -0.2) is 9.78 Å². The van der Waals surface area contributed by atoms with Gasteiger partial charge in [0.2, 0.25) is 0 Å². The number of amides is 2. The molecular weight excluding hydrogens is 461 g/mol. The van der Waals surface area contributed by atoms with Gasteiger partial charge in [-0.3, -0.25) is 9.93 Å². The van der Waals surface area contributed by atoms with E-state index in [0.29, 0.717) is 42.3 Å². The first-order chi connectivity index (χ1) is 15.7. The summed E-state index contributed by atoms with van der Waals surface area (Å²) in [5.74, 6) is -0.120. The van der Waals surface area contributed by atoms with Crippen molar-refractivity contribution in [1.82, 2.24) is 14.8 Å². The van der Waals surface area contributed by atoms with Gasteiger partial charge in [0.1, 0.15) is 17.4 Å². The number of pyridine rings is 1. The van der Waals surface area contributed by atoms with Crippen molar-refractivity contribution in [2.75, 3.05) is 26.2 Å². The monoisotopic (exact) mass is 482 g/mol. The lowest BCUT2D eigenvalue weighted by molar-refractivity contribution is -0.274. The molecule has 2 saturated heterocycles. The number of ether oxygens (including phenoxy) is 2. The van der Waals surface area contributed by atoms with Gasteiger partial charge in [-0.2, -0.15) is 0 Å². The number of nitrogens with two attached hydrogens (primary N) is 1. The third kappa shape index (κ3) is 5.69. The van der Waals surface area contributed by atoms with E-state index in [-0.39, 0.29) is 30.1 Å². The van der Waals surface area contributed by atoms with Crippen LogP contribution in [0.5, 0.6) is 5.75 Å². The minimum atomic E-state index is -4.76. The summed E-state index contributed by atoms with van der Waals surface area (Å²) in [7, 11) is 0. The highest BCUT2D eigenvalue weighted by Gasteiger charge is 2.43. The van der Waals surface area contributed by atoms with Crippen molar-refractivity contribution >= 4 is 23.9 Å². The minimum Gasteiger partial charge on any atom is -0.445 e. The molecule has 2 atom stereocenters. The smallest absolute Gasteiger partial charge is 0.445 e. The average molecular weight is 482 g/mol. The van der Waals surface area contributed by atoms with Crippen LogP contribution in [0.4, 0.5) is 18.0 Å². The molecule has 2 aliphatic rings. The van der Waals surface area contributed by atoms with Crippen LogP contribution >= 0.6 is 11.9 Å². The SMILES string of the molecule is NSc1ccc(C(=O)N2CC3CN(C(=O)OCc4ccc(OC(F)(F)F)cc4)CC3C2)cn1. The van der Waals surface area contributed by atoms with Crippen LogP contribution in [-0.2, 0) is 11.3 Å². The molecule has 1 aromatic carbocycles. The minimum absolute atomic E-state index is 0.0638. The lowest BCUT2D eigenvalue weighted by Gasteiger charge is -2.21. The third-order valence-corrected chi connectivity index (χ3v) is 6.14. The number of likely N-dealkylation sites (tertiary alicyclic amines) is 2. The fourth-order valence-corrected chi connectivity index (χ4v) is 4.35. The van der Waals surface area contributed by atoms with Gasteiger partial charge in [0.05, 0.1) is 5.56 Å². The van der Waals surface area contributed by atoms with E-state index >= 15 is 0 Å². The molecule has 33 heavy (non-hydrogen) atoms. The van der Waals surface area contributed by atoms with Crippen molar-refractivity contribution in [3.8, 4) is 5.75 Å². The molecule has 2 aromatic rings. The molecule has 2 fully saturated rings. The summed E-state index contributed by atoms with van der Waals surface area (Å²) in [6.07, 6.45) is -3.73. The Kier molecular flexibility index (Phi) is 6.66. The maximum Gasteiger partial charge on any atom is 0.573 e. The van der Waals surface area contributed by atoms with E-state index in [4.69, 9.17) is 9.88 Å². The molecule has 0 bridgehead atoms. The van der Waals surface area contributed by atoms with Gasteiger partial charge in [-0.05, 0) is 41.8 Å². The molecule has 12 heteroatoms. The second-order valence-electron chi connectivity index (χ2n) is 7.88. The van der Waals surface area contributed by atoms with Gasteiger partial charge in [0.15, 0.2) is 0 Å². The van der Waals surface area contributed by atoms with Gasteiger partial charge in [0, 0.05) is 44.2 Å². The second kappa shape index (κ2) is 9.48. The van der Waals surface area contributed by atoms with Crippen LogP contribution in [0.15, 0.2) is 47.6 Å². The maximum absolute atomic E-state index is 12.7. The normalized spacial score (nSPS) is 20.0. The van der Waals surface area contributed by atoms with Crippen LogP contribution in [0.2, 0.25) is 0 Å². The summed E-state index contributed by atoms with van der Waals surface area (Å²) in [5, 5.41) is 6.08.